The lowest BCUT2D eigenvalue weighted by Gasteiger charge is -2.27. The lowest BCUT2D eigenvalue weighted by Crippen LogP contribution is -2.40. The first-order valence-corrected chi connectivity index (χ1v) is 8.43. The molecule has 0 radical (unpaired) electrons. The van der Waals surface area contributed by atoms with E-state index in [1.54, 1.807) is 30.0 Å². The van der Waals surface area contributed by atoms with Crippen molar-refractivity contribution in [3.8, 4) is 11.3 Å². The summed E-state index contributed by atoms with van der Waals surface area (Å²) in [5, 5.41) is 15.5. The molecule has 2 aromatic heterocycles. The zero-order chi connectivity index (χ0) is 19.0. The van der Waals surface area contributed by atoms with Crippen molar-refractivity contribution in [2.24, 2.45) is 0 Å². The first kappa shape index (κ1) is 17.1. The van der Waals surface area contributed by atoms with Gasteiger partial charge in [-0.25, -0.2) is 4.98 Å². The molecule has 1 aromatic carbocycles. The Hall–Kier alpha value is -3.33. The molecule has 1 aliphatic rings. The number of morpholine rings is 1. The fourth-order valence-electron chi connectivity index (χ4n) is 3.13. The Balaban J connectivity index is 1.85. The van der Waals surface area contributed by atoms with Crippen molar-refractivity contribution in [1.82, 2.24) is 15.0 Å². The highest BCUT2D eigenvalue weighted by molar-refractivity contribution is 6.07. The van der Waals surface area contributed by atoms with Gasteiger partial charge >= 0.3 is 0 Å². The van der Waals surface area contributed by atoms with Gasteiger partial charge in [-0.15, -0.1) is 0 Å². The van der Waals surface area contributed by atoms with Gasteiger partial charge in [0.1, 0.15) is 0 Å². The van der Waals surface area contributed by atoms with E-state index in [9.17, 15) is 14.9 Å². The number of hydrogen-bond donors (Lipinski definition) is 0. The standard InChI is InChI=1S/C18H16N4O5/c1-11-16-14(18(23)21-5-7-26-8-6-21)10-15(19-17(16)27-20-11)12-3-2-4-13(9-12)22(24)25/h2-4,9-10H,5-8H2,1H3. The van der Waals surface area contributed by atoms with Crippen molar-refractivity contribution in [3.63, 3.8) is 0 Å². The minimum absolute atomic E-state index is 0.0517. The minimum atomic E-state index is -0.472. The largest absolute Gasteiger partial charge is 0.378 e. The summed E-state index contributed by atoms with van der Waals surface area (Å²) in [5.41, 5.74) is 2.11. The van der Waals surface area contributed by atoms with Crippen molar-refractivity contribution >= 4 is 22.7 Å². The van der Waals surface area contributed by atoms with Crippen molar-refractivity contribution in [2.75, 3.05) is 26.3 Å². The molecule has 0 spiro atoms. The molecule has 138 valence electrons. The Bertz CT molecular complexity index is 1040. The van der Waals surface area contributed by atoms with E-state index in [1.165, 1.54) is 12.1 Å². The van der Waals surface area contributed by atoms with Gasteiger partial charge in [0, 0.05) is 30.8 Å². The van der Waals surface area contributed by atoms with E-state index in [0.29, 0.717) is 54.2 Å². The number of amides is 1. The molecule has 0 aliphatic carbocycles. The molecule has 1 amide bonds. The van der Waals surface area contributed by atoms with Crippen LogP contribution in [0.2, 0.25) is 0 Å². The van der Waals surface area contributed by atoms with E-state index in [-0.39, 0.29) is 17.3 Å². The summed E-state index contributed by atoms with van der Waals surface area (Å²) < 4.78 is 10.6. The van der Waals surface area contributed by atoms with Gasteiger partial charge in [0.25, 0.3) is 17.3 Å². The number of carbonyl (C=O) groups is 1. The van der Waals surface area contributed by atoms with Crippen LogP contribution in [0.15, 0.2) is 34.9 Å². The topological polar surface area (TPSA) is 112 Å². The van der Waals surface area contributed by atoms with Gasteiger partial charge in [-0.1, -0.05) is 17.3 Å². The number of hydrogen-bond acceptors (Lipinski definition) is 7. The van der Waals surface area contributed by atoms with Crippen LogP contribution in [0.1, 0.15) is 16.1 Å². The first-order chi connectivity index (χ1) is 13.0. The molecular weight excluding hydrogens is 352 g/mol. The van der Waals surface area contributed by atoms with E-state index < -0.39 is 4.92 Å². The zero-order valence-electron chi connectivity index (χ0n) is 14.5. The van der Waals surface area contributed by atoms with E-state index in [0.717, 1.165) is 0 Å². The molecule has 9 heteroatoms. The molecule has 27 heavy (non-hydrogen) atoms. The van der Waals surface area contributed by atoms with Crippen LogP contribution in [0.3, 0.4) is 0 Å². The van der Waals surface area contributed by atoms with Crippen LogP contribution < -0.4 is 0 Å². The average Bonchev–Trinajstić information content (AvgIpc) is 3.08. The normalized spacial score (nSPS) is 14.5. The molecule has 0 unspecified atom stereocenters. The van der Waals surface area contributed by atoms with Gasteiger partial charge in [0.15, 0.2) is 0 Å². The summed E-state index contributed by atoms with van der Waals surface area (Å²) >= 11 is 0. The summed E-state index contributed by atoms with van der Waals surface area (Å²) in [6.45, 7) is 3.72. The summed E-state index contributed by atoms with van der Waals surface area (Å²) in [5.74, 6) is -0.163. The van der Waals surface area contributed by atoms with E-state index in [4.69, 9.17) is 9.26 Å². The third-order valence-corrected chi connectivity index (χ3v) is 4.50. The molecule has 3 heterocycles. The van der Waals surface area contributed by atoms with Crippen LogP contribution in [0.25, 0.3) is 22.4 Å². The van der Waals surface area contributed by atoms with E-state index in [1.807, 2.05) is 0 Å². The number of fused-ring (bicyclic) bond motifs is 1. The highest BCUT2D eigenvalue weighted by Gasteiger charge is 2.25. The third kappa shape index (κ3) is 3.13. The lowest BCUT2D eigenvalue weighted by atomic mass is 10.0. The van der Waals surface area contributed by atoms with Crippen LogP contribution in [0, 0.1) is 17.0 Å². The molecule has 4 rings (SSSR count). The highest BCUT2D eigenvalue weighted by atomic mass is 16.6. The number of rotatable bonds is 3. The van der Waals surface area contributed by atoms with Gasteiger partial charge < -0.3 is 14.2 Å². The Morgan fingerprint density at radius 3 is 2.78 bits per heavy atom. The molecule has 0 N–H and O–H groups in total. The number of aromatic nitrogens is 2. The maximum absolute atomic E-state index is 13.1. The Kier molecular flexibility index (Phi) is 4.28. The van der Waals surface area contributed by atoms with Crippen molar-refractivity contribution in [1.29, 1.82) is 0 Å². The molecule has 0 atom stereocenters. The molecular formula is C18H16N4O5. The van der Waals surface area contributed by atoms with Gasteiger partial charge in [0.2, 0.25) is 0 Å². The van der Waals surface area contributed by atoms with Crippen LogP contribution >= 0.6 is 0 Å². The van der Waals surface area contributed by atoms with Crippen LogP contribution in [-0.4, -0.2) is 52.2 Å². The lowest BCUT2D eigenvalue weighted by molar-refractivity contribution is -0.384. The number of carbonyl (C=O) groups excluding carboxylic acids is 1. The molecule has 0 bridgehead atoms. The van der Waals surface area contributed by atoms with Gasteiger partial charge in [-0.05, 0) is 13.0 Å². The maximum Gasteiger partial charge on any atom is 0.270 e. The average molecular weight is 368 g/mol. The summed E-state index contributed by atoms with van der Waals surface area (Å²) in [6.07, 6.45) is 0. The fraction of sp³-hybridized carbons (Fsp3) is 0.278. The number of nitrogens with zero attached hydrogens (tertiary/aromatic N) is 4. The Morgan fingerprint density at radius 2 is 2.04 bits per heavy atom. The maximum atomic E-state index is 13.1. The second-order valence-corrected chi connectivity index (χ2v) is 6.22. The quantitative estimate of drug-likeness (QED) is 0.516. The number of benzene rings is 1. The second-order valence-electron chi connectivity index (χ2n) is 6.22. The van der Waals surface area contributed by atoms with Gasteiger partial charge in [0.05, 0.1) is 40.5 Å². The SMILES string of the molecule is Cc1noc2nc(-c3cccc([N+](=O)[O-])c3)cc(C(=O)N3CCOCC3)c12. The van der Waals surface area contributed by atoms with Gasteiger partial charge in [-0.2, -0.15) is 0 Å². The fourth-order valence-corrected chi connectivity index (χ4v) is 3.13. The predicted octanol–water partition coefficient (Wildman–Crippen LogP) is 2.58. The van der Waals surface area contributed by atoms with E-state index in [2.05, 4.69) is 10.1 Å². The van der Waals surface area contributed by atoms with Crippen molar-refractivity contribution in [3.05, 3.63) is 51.7 Å². The predicted molar refractivity (Wildman–Crippen MR) is 95.4 cm³/mol. The Labute approximate surface area is 153 Å². The number of nitro benzene ring substituents is 1. The van der Waals surface area contributed by atoms with Crippen LogP contribution in [0.5, 0.6) is 0 Å². The highest BCUT2D eigenvalue weighted by Crippen LogP contribution is 2.29. The number of aryl methyl sites for hydroxylation is 1. The van der Waals surface area contributed by atoms with Crippen LogP contribution in [-0.2, 0) is 4.74 Å². The minimum Gasteiger partial charge on any atom is -0.378 e. The molecule has 9 nitrogen and oxygen atoms in total. The molecule has 1 fully saturated rings. The summed E-state index contributed by atoms with van der Waals surface area (Å²) in [4.78, 5) is 29.8. The van der Waals surface area contributed by atoms with Crippen molar-refractivity contribution in [2.45, 2.75) is 6.92 Å². The monoisotopic (exact) mass is 368 g/mol. The third-order valence-electron chi connectivity index (χ3n) is 4.50. The molecule has 0 saturated carbocycles. The van der Waals surface area contributed by atoms with E-state index >= 15 is 0 Å². The number of nitro groups is 1. The Morgan fingerprint density at radius 1 is 1.26 bits per heavy atom. The molecule has 1 saturated heterocycles. The molecule has 3 aromatic rings. The number of ether oxygens (including phenoxy) is 1. The van der Waals surface area contributed by atoms with Crippen molar-refractivity contribution < 1.29 is 19.0 Å². The smallest absolute Gasteiger partial charge is 0.270 e. The van der Waals surface area contributed by atoms with Gasteiger partial charge in [-0.3, -0.25) is 14.9 Å². The molecule has 1 aliphatic heterocycles. The number of non-ortho nitro benzene ring substituents is 1. The second kappa shape index (κ2) is 6.76. The summed E-state index contributed by atoms with van der Waals surface area (Å²) in [6, 6.07) is 7.74. The number of pyridine rings is 1. The summed E-state index contributed by atoms with van der Waals surface area (Å²) in [7, 11) is 0. The first-order valence-electron chi connectivity index (χ1n) is 8.43. The zero-order valence-corrected chi connectivity index (χ0v) is 14.5. The van der Waals surface area contributed by atoms with Crippen LogP contribution in [0.4, 0.5) is 5.69 Å².